The summed E-state index contributed by atoms with van der Waals surface area (Å²) in [5, 5.41) is 3.49. The van der Waals surface area contributed by atoms with Gasteiger partial charge in [-0.2, -0.15) is 0 Å². The molecule has 0 fully saturated rings. The predicted molar refractivity (Wildman–Crippen MR) is 92.1 cm³/mol. The van der Waals surface area contributed by atoms with Crippen molar-refractivity contribution in [1.29, 1.82) is 0 Å². The maximum absolute atomic E-state index is 3.57. The lowest BCUT2D eigenvalue weighted by molar-refractivity contribution is 0.584. The quantitative estimate of drug-likeness (QED) is 0.715. The van der Waals surface area contributed by atoms with Gasteiger partial charge in [0, 0.05) is 27.7 Å². The van der Waals surface area contributed by atoms with Crippen LogP contribution in [0.2, 0.25) is 0 Å². The molecular formula is C17H20BrNS. The van der Waals surface area contributed by atoms with Crippen LogP contribution in [0.4, 0.5) is 0 Å². The number of benzene rings is 2. The van der Waals surface area contributed by atoms with Crippen molar-refractivity contribution in [1.82, 2.24) is 5.32 Å². The minimum absolute atomic E-state index is 0.505. The van der Waals surface area contributed by atoms with E-state index in [-0.39, 0.29) is 0 Å². The van der Waals surface area contributed by atoms with Gasteiger partial charge in [-0.15, -0.1) is 11.8 Å². The monoisotopic (exact) mass is 349 g/mol. The molecule has 0 aliphatic heterocycles. The lowest BCUT2D eigenvalue weighted by Gasteiger charge is -2.13. The van der Waals surface area contributed by atoms with Gasteiger partial charge in [-0.1, -0.05) is 66.2 Å². The first-order valence-electron chi connectivity index (χ1n) is 6.83. The zero-order valence-corrected chi connectivity index (χ0v) is 14.3. The Kier molecular flexibility index (Phi) is 6.14. The number of thioether (sulfide) groups is 1. The Hall–Kier alpha value is -0.770. The maximum Gasteiger partial charge on any atom is 0.0232 e. The van der Waals surface area contributed by atoms with Crippen molar-refractivity contribution in [2.45, 2.75) is 37.1 Å². The molecule has 0 saturated carbocycles. The van der Waals surface area contributed by atoms with Gasteiger partial charge in [0.1, 0.15) is 0 Å². The largest absolute Gasteiger partial charge is 0.310 e. The van der Waals surface area contributed by atoms with E-state index >= 15 is 0 Å². The molecule has 0 heterocycles. The highest BCUT2D eigenvalue weighted by molar-refractivity contribution is 9.10. The van der Waals surface area contributed by atoms with Crippen molar-refractivity contribution in [2.24, 2.45) is 0 Å². The minimum Gasteiger partial charge on any atom is -0.310 e. The molecule has 3 heteroatoms. The first-order chi connectivity index (χ1) is 9.65. The Bertz CT molecular complexity index is 540. The summed E-state index contributed by atoms with van der Waals surface area (Å²) < 4.78 is 1.14. The lowest BCUT2D eigenvalue weighted by atomic mass is 10.2. The zero-order chi connectivity index (χ0) is 14.4. The Morgan fingerprint density at radius 3 is 2.55 bits per heavy atom. The summed E-state index contributed by atoms with van der Waals surface area (Å²) in [6.45, 7) is 5.27. The van der Waals surface area contributed by atoms with Crippen LogP contribution in [0.3, 0.4) is 0 Å². The summed E-state index contributed by atoms with van der Waals surface area (Å²) in [6, 6.07) is 17.6. The highest BCUT2D eigenvalue weighted by Crippen LogP contribution is 2.29. The molecule has 1 nitrogen and oxygen atoms in total. The van der Waals surface area contributed by atoms with Crippen LogP contribution >= 0.6 is 27.7 Å². The van der Waals surface area contributed by atoms with Crippen LogP contribution in [0.25, 0.3) is 0 Å². The second-order valence-corrected chi connectivity index (χ2v) is 6.99. The van der Waals surface area contributed by atoms with Crippen LogP contribution in [0.5, 0.6) is 0 Å². The van der Waals surface area contributed by atoms with Crippen LogP contribution in [0.15, 0.2) is 57.9 Å². The van der Waals surface area contributed by atoms with Gasteiger partial charge in [0.05, 0.1) is 0 Å². The van der Waals surface area contributed by atoms with Gasteiger partial charge in [-0.05, 0) is 23.3 Å². The third kappa shape index (κ3) is 4.97. The zero-order valence-electron chi connectivity index (χ0n) is 11.9. The number of nitrogens with one attached hydrogen (secondary N) is 1. The number of halogens is 1. The first-order valence-corrected chi connectivity index (χ1v) is 8.61. The van der Waals surface area contributed by atoms with Gasteiger partial charge in [0.2, 0.25) is 0 Å². The Morgan fingerprint density at radius 1 is 1.10 bits per heavy atom. The standard InChI is InChI=1S/C17H20BrNS/c1-13(2)19-11-15-8-9-16(18)10-17(15)20-12-14-6-4-3-5-7-14/h3-10,13,19H,11-12H2,1-2H3. The maximum atomic E-state index is 3.57. The van der Waals surface area contributed by atoms with Gasteiger partial charge in [-0.3, -0.25) is 0 Å². The SMILES string of the molecule is CC(C)NCc1ccc(Br)cc1SCc1ccccc1. The van der Waals surface area contributed by atoms with E-state index in [1.807, 2.05) is 11.8 Å². The van der Waals surface area contributed by atoms with Crippen molar-refractivity contribution in [3.8, 4) is 0 Å². The lowest BCUT2D eigenvalue weighted by Crippen LogP contribution is -2.22. The second kappa shape index (κ2) is 7.87. The Labute approximate surface area is 134 Å². The molecular weight excluding hydrogens is 330 g/mol. The van der Waals surface area contributed by atoms with Crippen molar-refractivity contribution < 1.29 is 0 Å². The average Bonchev–Trinajstić information content (AvgIpc) is 2.45. The van der Waals surface area contributed by atoms with Crippen LogP contribution in [0, 0.1) is 0 Å². The summed E-state index contributed by atoms with van der Waals surface area (Å²) in [5.41, 5.74) is 2.73. The van der Waals surface area contributed by atoms with Crippen LogP contribution < -0.4 is 5.32 Å². The van der Waals surface area contributed by atoms with E-state index in [2.05, 4.69) is 83.6 Å². The van der Waals surface area contributed by atoms with Crippen molar-refractivity contribution in [3.63, 3.8) is 0 Å². The summed E-state index contributed by atoms with van der Waals surface area (Å²) >= 11 is 5.46. The van der Waals surface area contributed by atoms with Gasteiger partial charge in [0.25, 0.3) is 0 Å². The van der Waals surface area contributed by atoms with E-state index in [4.69, 9.17) is 0 Å². The highest BCUT2D eigenvalue weighted by atomic mass is 79.9. The molecule has 0 radical (unpaired) electrons. The molecule has 0 aromatic heterocycles. The van der Waals surface area contributed by atoms with Crippen LogP contribution in [0.1, 0.15) is 25.0 Å². The van der Waals surface area contributed by atoms with Crippen molar-refractivity contribution >= 4 is 27.7 Å². The predicted octanol–water partition coefficient (Wildman–Crippen LogP) is 5.24. The minimum atomic E-state index is 0.505. The van der Waals surface area contributed by atoms with E-state index in [1.165, 1.54) is 16.0 Å². The normalized spacial score (nSPS) is 11.0. The topological polar surface area (TPSA) is 12.0 Å². The van der Waals surface area contributed by atoms with E-state index in [0.717, 1.165) is 16.8 Å². The fourth-order valence-electron chi connectivity index (χ4n) is 1.86. The molecule has 2 aromatic rings. The summed E-state index contributed by atoms with van der Waals surface area (Å²) in [7, 11) is 0. The molecule has 0 amide bonds. The molecule has 0 unspecified atom stereocenters. The van der Waals surface area contributed by atoms with E-state index in [0.29, 0.717) is 6.04 Å². The Balaban J connectivity index is 2.07. The number of hydrogen-bond acceptors (Lipinski definition) is 2. The van der Waals surface area contributed by atoms with Crippen LogP contribution in [-0.2, 0) is 12.3 Å². The fraction of sp³-hybridized carbons (Fsp3) is 0.294. The molecule has 0 atom stereocenters. The van der Waals surface area contributed by atoms with Gasteiger partial charge >= 0.3 is 0 Å². The van der Waals surface area contributed by atoms with Gasteiger partial charge in [0.15, 0.2) is 0 Å². The molecule has 2 rings (SSSR count). The molecule has 0 saturated heterocycles. The number of hydrogen-bond donors (Lipinski definition) is 1. The highest BCUT2D eigenvalue weighted by Gasteiger charge is 2.05. The summed E-state index contributed by atoms with van der Waals surface area (Å²) in [5.74, 6) is 1.01. The van der Waals surface area contributed by atoms with Gasteiger partial charge < -0.3 is 5.32 Å². The Morgan fingerprint density at radius 2 is 1.85 bits per heavy atom. The average molecular weight is 350 g/mol. The molecule has 0 spiro atoms. The smallest absolute Gasteiger partial charge is 0.0232 e. The first kappa shape index (κ1) is 15.6. The van der Waals surface area contributed by atoms with Crippen LogP contribution in [-0.4, -0.2) is 6.04 Å². The molecule has 20 heavy (non-hydrogen) atoms. The molecule has 1 N–H and O–H groups in total. The van der Waals surface area contributed by atoms with Crippen molar-refractivity contribution in [2.75, 3.05) is 0 Å². The fourth-order valence-corrected chi connectivity index (χ4v) is 3.42. The third-order valence-corrected chi connectivity index (χ3v) is 4.63. The summed E-state index contributed by atoms with van der Waals surface area (Å²) in [4.78, 5) is 1.34. The molecule has 0 bridgehead atoms. The van der Waals surface area contributed by atoms with Crippen molar-refractivity contribution in [3.05, 3.63) is 64.1 Å². The molecule has 0 aliphatic carbocycles. The molecule has 2 aromatic carbocycles. The summed E-state index contributed by atoms with van der Waals surface area (Å²) in [6.07, 6.45) is 0. The van der Waals surface area contributed by atoms with E-state index in [1.54, 1.807) is 0 Å². The third-order valence-electron chi connectivity index (χ3n) is 2.97. The van der Waals surface area contributed by atoms with E-state index < -0.39 is 0 Å². The molecule has 106 valence electrons. The second-order valence-electron chi connectivity index (χ2n) is 5.06. The molecule has 0 aliphatic rings. The van der Waals surface area contributed by atoms with Gasteiger partial charge in [-0.25, -0.2) is 0 Å². The number of rotatable bonds is 6. The van der Waals surface area contributed by atoms with E-state index in [9.17, 15) is 0 Å².